The number of nitrogens with one attached hydrogen (secondary N) is 1. The molecule has 0 aliphatic rings. The zero-order chi connectivity index (χ0) is 14.3. The zero-order valence-corrected chi connectivity index (χ0v) is 12.3. The van der Waals surface area contributed by atoms with Crippen molar-refractivity contribution >= 4 is 17.7 Å². The lowest BCUT2D eigenvalue weighted by atomic mass is 10.2. The van der Waals surface area contributed by atoms with Gasteiger partial charge in [-0.25, -0.2) is 9.97 Å². The van der Waals surface area contributed by atoms with Crippen LogP contribution in [0.15, 0.2) is 82.8 Å². The minimum Gasteiger partial charge on any atom is -0.350 e. The van der Waals surface area contributed by atoms with Crippen molar-refractivity contribution in [1.82, 2.24) is 9.97 Å². The van der Waals surface area contributed by atoms with Crippen LogP contribution in [-0.2, 0) is 6.54 Å². The molecule has 0 amide bonds. The zero-order valence-electron chi connectivity index (χ0n) is 11.4. The van der Waals surface area contributed by atoms with Gasteiger partial charge in [0.2, 0.25) is 5.95 Å². The van der Waals surface area contributed by atoms with Gasteiger partial charge in [-0.15, -0.1) is 0 Å². The van der Waals surface area contributed by atoms with E-state index in [0.29, 0.717) is 5.95 Å². The number of aromatic nitrogens is 2. The van der Waals surface area contributed by atoms with Gasteiger partial charge in [-0.2, -0.15) is 0 Å². The summed E-state index contributed by atoms with van der Waals surface area (Å²) in [6.07, 6.45) is 3.46. The Labute approximate surface area is 128 Å². The first-order valence-electron chi connectivity index (χ1n) is 6.73. The number of benzene rings is 2. The standard InChI is InChI=1S/C17H15N3S/c1-2-5-15(6-3-1)21-16-9-7-14(8-10-16)13-20-17-18-11-4-12-19-17/h1-12H,13H2,(H,18,19,20). The molecule has 3 rings (SSSR count). The topological polar surface area (TPSA) is 37.8 Å². The first-order valence-corrected chi connectivity index (χ1v) is 7.54. The minimum absolute atomic E-state index is 0.653. The molecule has 0 radical (unpaired) electrons. The van der Waals surface area contributed by atoms with Gasteiger partial charge in [0.15, 0.2) is 0 Å². The molecule has 0 fully saturated rings. The molecular formula is C17H15N3S. The van der Waals surface area contributed by atoms with Crippen molar-refractivity contribution in [3.8, 4) is 0 Å². The molecule has 104 valence electrons. The molecule has 1 heterocycles. The minimum atomic E-state index is 0.653. The molecule has 4 heteroatoms. The molecule has 0 unspecified atom stereocenters. The second kappa shape index (κ2) is 6.90. The Balaban J connectivity index is 1.59. The van der Waals surface area contributed by atoms with E-state index >= 15 is 0 Å². The molecule has 0 spiro atoms. The van der Waals surface area contributed by atoms with Gasteiger partial charge in [-0.05, 0) is 35.9 Å². The van der Waals surface area contributed by atoms with E-state index in [1.54, 1.807) is 30.2 Å². The normalized spacial score (nSPS) is 10.3. The summed E-state index contributed by atoms with van der Waals surface area (Å²) in [5, 5.41) is 3.20. The lowest BCUT2D eigenvalue weighted by molar-refractivity contribution is 1.05. The summed E-state index contributed by atoms with van der Waals surface area (Å²) in [7, 11) is 0. The fourth-order valence-electron chi connectivity index (χ4n) is 1.87. The lowest BCUT2D eigenvalue weighted by Gasteiger charge is -2.06. The summed E-state index contributed by atoms with van der Waals surface area (Å²) in [5.41, 5.74) is 1.21. The van der Waals surface area contributed by atoms with Gasteiger partial charge in [0.05, 0.1) is 0 Å². The van der Waals surface area contributed by atoms with Crippen LogP contribution in [0.4, 0.5) is 5.95 Å². The summed E-state index contributed by atoms with van der Waals surface area (Å²) >= 11 is 1.77. The Bertz CT molecular complexity index is 669. The van der Waals surface area contributed by atoms with Gasteiger partial charge in [-0.1, -0.05) is 42.1 Å². The molecule has 21 heavy (non-hydrogen) atoms. The summed E-state index contributed by atoms with van der Waals surface area (Å²) in [6.45, 7) is 0.723. The van der Waals surface area contributed by atoms with Crippen molar-refractivity contribution in [1.29, 1.82) is 0 Å². The van der Waals surface area contributed by atoms with Crippen LogP contribution in [0.2, 0.25) is 0 Å². The van der Waals surface area contributed by atoms with Crippen molar-refractivity contribution in [2.24, 2.45) is 0 Å². The maximum Gasteiger partial charge on any atom is 0.222 e. The van der Waals surface area contributed by atoms with Gasteiger partial charge < -0.3 is 5.32 Å². The smallest absolute Gasteiger partial charge is 0.222 e. The summed E-state index contributed by atoms with van der Waals surface area (Å²) in [5.74, 6) is 0.653. The Kier molecular flexibility index (Phi) is 4.49. The molecule has 3 aromatic rings. The van der Waals surface area contributed by atoms with E-state index in [-0.39, 0.29) is 0 Å². The van der Waals surface area contributed by atoms with E-state index < -0.39 is 0 Å². The van der Waals surface area contributed by atoms with Crippen LogP contribution in [-0.4, -0.2) is 9.97 Å². The summed E-state index contributed by atoms with van der Waals surface area (Å²) in [4.78, 5) is 10.8. The third kappa shape index (κ3) is 4.07. The average Bonchev–Trinajstić information content (AvgIpc) is 2.56. The SMILES string of the molecule is c1ccc(Sc2ccc(CNc3ncccn3)cc2)cc1. The van der Waals surface area contributed by atoms with Crippen molar-refractivity contribution < 1.29 is 0 Å². The van der Waals surface area contributed by atoms with Crippen LogP contribution in [0.1, 0.15) is 5.56 Å². The molecule has 1 N–H and O–H groups in total. The Morgan fingerprint density at radius 3 is 2.14 bits per heavy atom. The van der Waals surface area contributed by atoms with Crippen LogP contribution in [0.5, 0.6) is 0 Å². The Morgan fingerprint density at radius 1 is 0.762 bits per heavy atom. The maximum atomic E-state index is 4.14. The van der Waals surface area contributed by atoms with Gasteiger partial charge in [-0.3, -0.25) is 0 Å². The van der Waals surface area contributed by atoms with Gasteiger partial charge >= 0.3 is 0 Å². The molecule has 0 aliphatic carbocycles. The predicted molar refractivity (Wildman–Crippen MR) is 86.4 cm³/mol. The highest BCUT2D eigenvalue weighted by atomic mass is 32.2. The van der Waals surface area contributed by atoms with E-state index in [0.717, 1.165) is 6.54 Å². The largest absolute Gasteiger partial charge is 0.350 e. The van der Waals surface area contributed by atoms with Crippen LogP contribution in [0.25, 0.3) is 0 Å². The fourth-order valence-corrected chi connectivity index (χ4v) is 2.71. The molecular weight excluding hydrogens is 278 g/mol. The number of nitrogens with zero attached hydrogens (tertiary/aromatic N) is 2. The molecule has 0 bridgehead atoms. The molecule has 0 saturated heterocycles. The number of hydrogen-bond donors (Lipinski definition) is 1. The predicted octanol–water partition coefficient (Wildman–Crippen LogP) is 4.24. The lowest BCUT2D eigenvalue weighted by Crippen LogP contribution is -2.02. The Hall–Kier alpha value is -2.33. The highest BCUT2D eigenvalue weighted by Crippen LogP contribution is 2.27. The third-order valence-corrected chi connectivity index (χ3v) is 3.93. The van der Waals surface area contributed by atoms with E-state index in [9.17, 15) is 0 Å². The van der Waals surface area contributed by atoms with Crippen LogP contribution in [0, 0.1) is 0 Å². The molecule has 3 nitrogen and oxygen atoms in total. The molecule has 0 atom stereocenters. The van der Waals surface area contributed by atoms with Crippen molar-refractivity contribution in [2.45, 2.75) is 16.3 Å². The number of rotatable bonds is 5. The van der Waals surface area contributed by atoms with Gasteiger partial charge in [0.25, 0.3) is 0 Å². The quantitative estimate of drug-likeness (QED) is 0.763. The van der Waals surface area contributed by atoms with Crippen molar-refractivity contribution in [2.75, 3.05) is 5.32 Å². The monoisotopic (exact) mass is 293 g/mol. The van der Waals surface area contributed by atoms with Gasteiger partial charge in [0, 0.05) is 28.7 Å². The highest BCUT2D eigenvalue weighted by Gasteiger charge is 1.99. The van der Waals surface area contributed by atoms with Crippen LogP contribution >= 0.6 is 11.8 Å². The second-order valence-electron chi connectivity index (χ2n) is 4.49. The van der Waals surface area contributed by atoms with Crippen LogP contribution in [0.3, 0.4) is 0 Å². The average molecular weight is 293 g/mol. The second-order valence-corrected chi connectivity index (χ2v) is 5.63. The first-order chi connectivity index (χ1) is 10.4. The summed E-state index contributed by atoms with van der Waals surface area (Å²) in [6, 6.07) is 20.7. The van der Waals surface area contributed by atoms with Crippen LogP contribution < -0.4 is 5.32 Å². The maximum absolute atomic E-state index is 4.14. The number of hydrogen-bond acceptors (Lipinski definition) is 4. The van der Waals surface area contributed by atoms with E-state index in [1.807, 2.05) is 6.07 Å². The van der Waals surface area contributed by atoms with Crippen molar-refractivity contribution in [3.05, 3.63) is 78.6 Å². The van der Waals surface area contributed by atoms with E-state index in [1.165, 1.54) is 15.4 Å². The van der Waals surface area contributed by atoms with Gasteiger partial charge in [0.1, 0.15) is 0 Å². The number of anilines is 1. The molecule has 0 saturated carbocycles. The van der Waals surface area contributed by atoms with E-state index in [2.05, 4.69) is 63.8 Å². The molecule has 1 aromatic heterocycles. The first kappa shape index (κ1) is 13.6. The molecule has 0 aliphatic heterocycles. The highest BCUT2D eigenvalue weighted by molar-refractivity contribution is 7.99. The fraction of sp³-hybridized carbons (Fsp3) is 0.0588. The molecule has 2 aromatic carbocycles. The van der Waals surface area contributed by atoms with Crippen molar-refractivity contribution in [3.63, 3.8) is 0 Å². The van der Waals surface area contributed by atoms with E-state index in [4.69, 9.17) is 0 Å². The third-order valence-electron chi connectivity index (χ3n) is 2.92. The Morgan fingerprint density at radius 2 is 1.43 bits per heavy atom. The summed E-state index contributed by atoms with van der Waals surface area (Å²) < 4.78 is 0.